The zero-order valence-corrected chi connectivity index (χ0v) is 16.2. The standard InChI is InChI=1S/C21H20O7/c1-11-8-12(2)17-16(9-11)27-19(20(18(17)22)28-21(23)26-5)13-6-7-14(24-3)15(10-13)25-4/h6-10H,1-5H3. The number of ether oxygens (including phenoxy) is 4. The monoisotopic (exact) mass is 384 g/mol. The van der Waals surface area contributed by atoms with Crippen LogP contribution >= 0.6 is 0 Å². The Bertz CT molecular complexity index is 1110. The van der Waals surface area contributed by atoms with Crippen molar-refractivity contribution in [3.05, 3.63) is 51.7 Å². The molecule has 0 unspecified atom stereocenters. The summed E-state index contributed by atoms with van der Waals surface area (Å²) in [7, 11) is 4.18. The van der Waals surface area contributed by atoms with Crippen LogP contribution in [0, 0.1) is 13.8 Å². The zero-order chi connectivity index (χ0) is 20.4. The third-order valence-electron chi connectivity index (χ3n) is 4.29. The summed E-state index contributed by atoms with van der Waals surface area (Å²) in [6, 6.07) is 8.60. The Balaban J connectivity index is 2.35. The van der Waals surface area contributed by atoms with Crippen LogP contribution in [0.25, 0.3) is 22.3 Å². The van der Waals surface area contributed by atoms with Crippen LogP contribution < -0.4 is 19.6 Å². The van der Waals surface area contributed by atoms with Crippen molar-refractivity contribution in [2.24, 2.45) is 0 Å². The third-order valence-corrected chi connectivity index (χ3v) is 4.29. The van der Waals surface area contributed by atoms with E-state index < -0.39 is 11.6 Å². The molecule has 0 aliphatic heterocycles. The molecule has 0 spiro atoms. The first kappa shape index (κ1) is 19.3. The maximum absolute atomic E-state index is 13.1. The SMILES string of the molecule is COC(=O)Oc1c(-c2ccc(OC)c(OC)c2)oc2cc(C)cc(C)c2c1=O. The van der Waals surface area contributed by atoms with Gasteiger partial charge in [-0.25, -0.2) is 4.79 Å². The molecule has 0 aliphatic rings. The number of aryl methyl sites for hydroxylation is 2. The molecular formula is C21H20O7. The third kappa shape index (κ3) is 3.38. The van der Waals surface area contributed by atoms with E-state index in [4.69, 9.17) is 18.6 Å². The van der Waals surface area contributed by atoms with Gasteiger partial charge >= 0.3 is 6.16 Å². The number of fused-ring (bicyclic) bond motifs is 1. The predicted octanol–water partition coefficient (Wildman–Crippen LogP) is 4.24. The molecule has 1 heterocycles. The van der Waals surface area contributed by atoms with E-state index in [0.29, 0.717) is 28.0 Å². The minimum absolute atomic E-state index is 0.0915. The molecule has 0 atom stereocenters. The van der Waals surface area contributed by atoms with Crippen molar-refractivity contribution in [2.75, 3.05) is 21.3 Å². The number of benzene rings is 2. The molecule has 0 N–H and O–H groups in total. The maximum atomic E-state index is 13.1. The Kier molecular flexibility index (Phi) is 5.26. The van der Waals surface area contributed by atoms with Gasteiger partial charge in [-0.3, -0.25) is 4.79 Å². The lowest BCUT2D eigenvalue weighted by Gasteiger charge is -2.13. The fraction of sp³-hybridized carbons (Fsp3) is 0.238. The first-order valence-electron chi connectivity index (χ1n) is 8.45. The molecule has 1 aromatic heterocycles. The van der Waals surface area contributed by atoms with Crippen LogP contribution in [0.2, 0.25) is 0 Å². The summed E-state index contributed by atoms with van der Waals surface area (Å²) >= 11 is 0. The van der Waals surface area contributed by atoms with Crippen LogP contribution in [0.1, 0.15) is 11.1 Å². The number of hydrogen-bond acceptors (Lipinski definition) is 7. The van der Waals surface area contributed by atoms with Crippen molar-refractivity contribution in [2.45, 2.75) is 13.8 Å². The number of carbonyl (C=O) groups excluding carboxylic acids is 1. The molecule has 2 aromatic carbocycles. The van der Waals surface area contributed by atoms with Crippen LogP contribution in [0.5, 0.6) is 17.2 Å². The molecule has 0 radical (unpaired) electrons. The van der Waals surface area contributed by atoms with Gasteiger partial charge in [-0.05, 0) is 49.2 Å². The minimum Gasteiger partial charge on any atom is -0.493 e. The first-order valence-corrected chi connectivity index (χ1v) is 8.45. The lowest BCUT2D eigenvalue weighted by Crippen LogP contribution is -2.16. The van der Waals surface area contributed by atoms with Crippen molar-refractivity contribution in [3.8, 4) is 28.6 Å². The van der Waals surface area contributed by atoms with Crippen LogP contribution in [0.3, 0.4) is 0 Å². The summed E-state index contributed by atoms with van der Waals surface area (Å²) in [5, 5.41) is 0.341. The van der Waals surface area contributed by atoms with Crippen LogP contribution in [0.15, 0.2) is 39.5 Å². The smallest absolute Gasteiger partial charge is 0.493 e. The lowest BCUT2D eigenvalue weighted by atomic mass is 10.0. The zero-order valence-electron chi connectivity index (χ0n) is 16.2. The topological polar surface area (TPSA) is 84.2 Å². The van der Waals surface area contributed by atoms with Gasteiger partial charge in [0.1, 0.15) is 5.58 Å². The second-order valence-electron chi connectivity index (χ2n) is 6.17. The second kappa shape index (κ2) is 7.64. The summed E-state index contributed by atoms with van der Waals surface area (Å²) in [5.41, 5.74) is 2.07. The highest BCUT2D eigenvalue weighted by Gasteiger charge is 2.23. The summed E-state index contributed by atoms with van der Waals surface area (Å²) < 4.78 is 26.3. The summed E-state index contributed by atoms with van der Waals surface area (Å²) in [4.78, 5) is 24.9. The molecule has 0 saturated carbocycles. The highest BCUT2D eigenvalue weighted by molar-refractivity contribution is 5.86. The van der Waals surface area contributed by atoms with Crippen LogP contribution in [-0.4, -0.2) is 27.5 Å². The fourth-order valence-corrected chi connectivity index (χ4v) is 3.06. The van der Waals surface area contributed by atoms with E-state index in [2.05, 4.69) is 4.74 Å². The normalized spacial score (nSPS) is 10.6. The summed E-state index contributed by atoms with van der Waals surface area (Å²) in [5.74, 6) is 0.788. The molecule has 3 rings (SSSR count). The number of carbonyl (C=O) groups is 1. The maximum Gasteiger partial charge on any atom is 0.513 e. The molecule has 0 aliphatic carbocycles. The van der Waals surface area contributed by atoms with Gasteiger partial charge in [0.25, 0.3) is 0 Å². The summed E-state index contributed by atoms with van der Waals surface area (Å²) in [6.07, 6.45) is -1.02. The van der Waals surface area contributed by atoms with Gasteiger partial charge in [0.2, 0.25) is 11.2 Å². The quantitative estimate of drug-likeness (QED) is 0.622. The Morgan fingerprint density at radius 2 is 1.68 bits per heavy atom. The van der Waals surface area contributed by atoms with E-state index in [0.717, 1.165) is 18.2 Å². The Hall–Kier alpha value is -3.48. The Morgan fingerprint density at radius 3 is 2.32 bits per heavy atom. The largest absolute Gasteiger partial charge is 0.513 e. The summed E-state index contributed by atoms with van der Waals surface area (Å²) in [6.45, 7) is 3.70. The number of hydrogen-bond donors (Lipinski definition) is 0. The molecule has 7 nitrogen and oxygen atoms in total. The molecular weight excluding hydrogens is 364 g/mol. The van der Waals surface area contributed by atoms with Crippen molar-refractivity contribution in [1.82, 2.24) is 0 Å². The average molecular weight is 384 g/mol. The van der Waals surface area contributed by atoms with Gasteiger partial charge in [-0.1, -0.05) is 6.07 Å². The van der Waals surface area contributed by atoms with E-state index in [1.165, 1.54) is 14.2 Å². The lowest BCUT2D eigenvalue weighted by molar-refractivity contribution is 0.120. The van der Waals surface area contributed by atoms with Gasteiger partial charge in [0.15, 0.2) is 17.3 Å². The molecule has 0 saturated heterocycles. The van der Waals surface area contributed by atoms with Crippen LogP contribution in [-0.2, 0) is 4.74 Å². The molecule has 0 fully saturated rings. The molecule has 3 aromatic rings. The minimum atomic E-state index is -1.02. The van der Waals surface area contributed by atoms with E-state index in [1.807, 2.05) is 13.0 Å². The molecule has 28 heavy (non-hydrogen) atoms. The first-order chi connectivity index (χ1) is 13.4. The van der Waals surface area contributed by atoms with Gasteiger partial charge in [0, 0.05) is 5.56 Å². The Labute approximate surface area is 161 Å². The van der Waals surface area contributed by atoms with Crippen molar-refractivity contribution in [3.63, 3.8) is 0 Å². The van der Waals surface area contributed by atoms with Crippen molar-refractivity contribution in [1.29, 1.82) is 0 Å². The van der Waals surface area contributed by atoms with E-state index in [9.17, 15) is 9.59 Å². The van der Waals surface area contributed by atoms with E-state index >= 15 is 0 Å². The van der Waals surface area contributed by atoms with Gasteiger partial charge in [0.05, 0.1) is 26.7 Å². The number of rotatable bonds is 4. The molecule has 0 bridgehead atoms. The Morgan fingerprint density at radius 1 is 0.964 bits per heavy atom. The van der Waals surface area contributed by atoms with Crippen LogP contribution in [0.4, 0.5) is 4.79 Å². The van der Waals surface area contributed by atoms with Crippen molar-refractivity contribution >= 4 is 17.1 Å². The van der Waals surface area contributed by atoms with E-state index in [1.54, 1.807) is 31.2 Å². The van der Waals surface area contributed by atoms with Gasteiger partial charge < -0.3 is 23.4 Å². The highest BCUT2D eigenvalue weighted by atomic mass is 16.7. The molecule has 146 valence electrons. The van der Waals surface area contributed by atoms with Gasteiger partial charge in [-0.2, -0.15) is 0 Å². The predicted molar refractivity (Wildman–Crippen MR) is 104 cm³/mol. The number of methoxy groups -OCH3 is 3. The molecule has 0 amide bonds. The molecule has 7 heteroatoms. The average Bonchev–Trinajstić information content (AvgIpc) is 2.68. The fourth-order valence-electron chi connectivity index (χ4n) is 3.06. The second-order valence-corrected chi connectivity index (χ2v) is 6.17. The van der Waals surface area contributed by atoms with E-state index in [-0.39, 0.29) is 11.5 Å². The van der Waals surface area contributed by atoms with Gasteiger partial charge in [-0.15, -0.1) is 0 Å². The van der Waals surface area contributed by atoms with Crippen molar-refractivity contribution < 1.29 is 28.2 Å². The highest BCUT2D eigenvalue weighted by Crippen LogP contribution is 2.37.